The molecule has 5 aromatic rings. The third kappa shape index (κ3) is 2.99. The summed E-state index contributed by atoms with van der Waals surface area (Å²) >= 11 is 7.38. The molecular formula is C32H20Br2O2S. The molecule has 37 heavy (non-hydrogen) atoms. The Labute approximate surface area is 233 Å². The van der Waals surface area contributed by atoms with Crippen LogP contribution in [-0.2, 0) is 15.3 Å². The summed E-state index contributed by atoms with van der Waals surface area (Å²) < 4.78 is 29.9. The van der Waals surface area contributed by atoms with Crippen molar-refractivity contribution in [3.8, 4) is 22.3 Å². The zero-order valence-electron chi connectivity index (χ0n) is 19.8. The Morgan fingerprint density at radius 3 is 1.97 bits per heavy atom. The topological polar surface area (TPSA) is 34.1 Å². The molecule has 0 bridgehead atoms. The van der Waals surface area contributed by atoms with Gasteiger partial charge in [-0.2, -0.15) is 0 Å². The number of benzene rings is 5. The number of hydrogen-bond donors (Lipinski definition) is 0. The Hall–Kier alpha value is -2.99. The van der Waals surface area contributed by atoms with Crippen molar-refractivity contribution >= 4 is 41.7 Å². The van der Waals surface area contributed by atoms with Crippen molar-refractivity contribution in [2.75, 3.05) is 0 Å². The summed E-state index contributed by atoms with van der Waals surface area (Å²) in [7, 11) is -3.77. The lowest BCUT2D eigenvalue weighted by molar-refractivity contribution is 0.578. The number of fused-ring (bicyclic) bond motifs is 11. The van der Waals surface area contributed by atoms with Crippen molar-refractivity contribution in [1.82, 2.24) is 0 Å². The van der Waals surface area contributed by atoms with Gasteiger partial charge in [-0.3, -0.25) is 0 Å². The Balaban J connectivity index is 1.84. The third-order valence-electron chi connectivity index (χ3n) is 7.69. The Kier molecular flexibility index (Phi) is 5.01. The lowest BCUT2D eigenvalue weighted by atomic mass is 9.63. The van der Waals surface area contributed by atoms with Gasteiger partial charge in [0.15, 0.2) is 0 Å². The van der Waals surface area contributed by atoms with E-state index < -0.39 is 15.3 Å². The summed E-state index contributed by atoms with van der Waals surface area (Å²) in [6.45, 7) is 2.10. The van der Waals surface area contributed by atoms with Crippen LogP contribution in [0.4, 0.5) is 0 Å². The van der Waals surface area contributed by atoms with E-state index in [2.05, 4.69) is 99.4 Å². The first kappa shape index (κ1) is 23.2. The monoisotopic (exact) mass is 626 g/mol. The van der Waals surface area contributed by atoms with Gasteiger partial charge in [0.2, 0.25) is 9.84 Å². The molecule has 2 aliphatic rings. The van der Waals surface area contributed by atoms with Gasteiger partial charge in [0.25, 0.3) is 0 Å². The molecule has 2 nitrogen and oxygen atoms in total. The van der Waals surface area contributed by atoms with Gasteiger partial charge in [-0.15, -0.1) is 0 Å². The van der Waals surface area contributed by atoms with Crippen LogP contribution in [0.15, 0.2) is 122 Å². The minimum Gasteiger partial charge on any atom is -0.218 e. The smallest absolute Gasteiger partial charge is 0.208 e. The summed E-state index contributed by atoms with van der Waals surface area (Å²) in [5, 5.41) is 0. The lowest BCUT2D eigenvalue weighted by Crippen LogP contribution is -2.38. The summed E-state index contributed by atoms with van der Waals surface area (Å²) in [5.74, 6) is 0. The van der Waals surface area contributed by atoms with Crippen LogP contribution in [0.1, 0.15) is 27.8 Å². The van der Waals surface area contributed by atoms with Gasteiger partial charge in [0, 0.05) is 8.95 Å². The fourth-order valence-electron chi connectivity index (χ4n) is 6.29. The van der Waals surface area contributed by atoms with Crippen LogP contribution in [0.25, 0.3) is 22.3 Å². The highest BCUT2D eigenvalue weighted by Crippen LogP contribution is 2.60. The molecule has 180 valence electrons. The first-order valence-corrected chi connectivity index (χ1v) is 15.1. The van der Waals surface area contributed by atoms with E-state index in [0.717, 1.165) is 54.5 Å². The molecule has 0 N–H and O–H groups in total. The van der Waals surface area contributed by atoms with E-state index in [0.29, 0.717) is 14.3 Å². The number of hydrogen-bond acceptors (Lipinski definition) is 2. The van der Waals surface area contributed by atoms with Crippen molar-refractivity contribution in [3.05, 3.63) is 140 Å². The average molecular weight is 628 g/mol. The number of sulfone groups is 1. The van der Waals surface area contributed by atoms with Crippen LogP contribution in [0, 0.1) is 6.92 Å². The van der Waals surface area contributed by atoms with Gasteiger partial charge < -0.3 is 0 Å². The van der Waals surface area contributed by atoms with E-state index in [4.69, 9.17) is 0 Å². The number of halogens is 2. The van der Waals surface area contributed by atoms with Crippen LogP contribution in [0.2, 0.25) is 0 Å². The highest BCUT2D eigenvalue weighted by atomic mass is 79.9. The molecule has 0 saturated heterocycles. The van der Waals surface area contributed by atoms with Gasteiger partial charge in [0.05, 0.1) is 15.2 Å². The molecule has 0 radical (unpaired) electrons. The van der Waals surface area contributed by atoms with E-state index in [9.17, 15) is 8.42 Å². The zero-order valence-corrected chi connectivity index (χ0v) is 23.8. The average Bonchev–Trinajstić information content (AvgIpc) is 2.99. The Morgan fingerprint density at radius 2 is 1.22 bits per heavy atom. The Morgan fingerprint density at radius 1 is 0.595 bits per heavy atom. The van der Waals surface area contributed by atoms with Crippen molar-refractivity contribution in [2.24, 2.45) is 0 Å². The second kappa shape index (κ2) is 8.00. The first-order valence-electron chi connectivity index (χ1n) is 12.0. The zero-order chi connectivity index (χ0) is 25.5. The fraction of sp³-hybridized carbons (Fsp3) is 0.0625. The molecule has 1 spiro atoms. The van der Waals surface area contributed by atoms with Crippen LogP contribution >= 0.6 is 31.9 Å². The first-order chi connectivity index (χ1) is 17.8. The Bertz CT molecular complexity index is 1820. The predicted molar refractivity (Wildman–Crippen MR) is 155 cm³/mol. The predicted octanol–water partition coefficient (Wildman–Crippen LogP) is 8.70. The fourth-order valence-corrected chi connectivity index (χ4v) is 9.48. The van der Waals surface area contributed by atoms with Crippen LogP contribution < -0.4 is 0 Å². The molecule has 1 heterocycles. The van der Waals surface area contributed by atoms with Gasteiger partial charge in [-0.25, -0.2) is 8.42 Å². The maximum Gasteiger partial charge on any atom is 0.208 e. The molecule has 1 unspecified atom stereocenters. The minimum absolute atomic E-state index is 0.332. The second-order valence-electron chi connectivity index (χ2n) is 9.65. The SMILES string of the molecule is Cc1ccc2c(c1)C1(c3cc(Br)ccc3-c3ccccc3-2)c2ccccc2S(=O)(=O)c2c(Br)cccc21. The van der Waals surface area contributed by atoms with E-state index in [-0.39, 0.29) is 0 Å². The molecule has 0 amide bonds. The second-order valence-corrected chi connectivity index (χ2v) is 13.3. The van der Waals surface area contributed by atoms with Gasteiger partial charge in [-0.05, 0) is 91.6 Å². The molecule has 1 aliphatic heterocycles. The van der Waals surface area contributed by atoms with Crippen molar-refractivity contribution < 1.29 is 8.42 Å². The third-order valence-corrected chi connectivity index (χ3v) is 11.0. The molecule has 0 saturated carbocycles. The van der Waals surface area contributed by atoms with E-state index in [1.807, 2.05) is 36.4 Å². The van der Waals surface area contributed by atoms with Gasteiger partial charge in [0.1, 0.15) is 0 Å². The van der Waals surface area contributed by atoms with Gasteiger partial charge in [-0.1, -0.05) is 100 Å². The molecule has 7 rings (SSSR count). The largest absolute Gasteiger partial charge is 0.218 e. The van der Waals surface area contributed by atoms with Crippen molar-refractivity contribution in [1.29, 1.82) is 0 Å². The number of rotatable bonds is 0. The van der Waals surface area contributed by atoms with Crippen LogP contribution in [-0.4, -0.2) is 8.42 Å². The summed E-state index contributed by atoms with van der Waals surface area (Å²) in [5.41, 5.74) is 8.41. The highest BCUT2D eigenvalue weighted by molar-refractivity contribution is 9.10. The minimum atomic E-state index is -3.77. The molecule has 5 aromatic carbocycles. The maximum absolute atomic E-state index is 14.2. The van der Waals surface area contributed by atoms with Crippen molar-refractivity contribution in [2.45, 2.75) is 22.1 Å². The normalized spacial score (nSPS) is 18.1. The molecule has 1 atom stereocenters. The van der Waals surface area contributed by atoms with E-state index in [1.165, 1.54) is 0 Å². The molecule has 0 aromatic heterocycles. The summed E-state index contributed by atoms with van der Waals surface area (Å²) in [6, 6.07) is 34.7. The molecule has 1 aliphatic carbocycles. The summed E-state index contributed by atoms with van der Waals surface area (Å²) in [4.78, 5) is 0.678. The molecule has 5 heteroatoms. The van der Waals surface area contributed by atoms with Crippen molar-refractivity contribution in [3.63, 3.8) is 0 Å². The summed E-state index contributed by atoms with van der Waals surface area (Å²) in [6.07, 6.45) is 0. The number of aryl methyl sites for hydroxylation is 1. The lowest BCUT2D eigenvalue weighted by Gasteiger charge is -2.43. The van der Waals surface area contributed by atoms with Gasteiger partial charge >= 0.3 is 0 Å². The van der Waals surface area contributed by atoms with Crippen LogP contribution in [0.5, 0.6) is 0 Å². The quantitative estimate of drug-likeness (QED) is 0.169. The highest BCUT2D eigenvalue weighted by Gasteiger charge is 2.52. The standard InChI is InChI=1S/C32H20Br2O2S/c1-19-13-15-23-21-7-2-3-8-22(21)24-16-14-20(33)18-28(24)32(27(23)17-19)25-9-4-5-12-30(25)37(35,36)31-26(32)10-6-11-29(31)34/h2-18H,1H3. The van der Waals surface area contributed by atoms with E-state index >= 15 is 0 Å². The van der Waals surface area contributed by atoms with Crippen LogP contribution in [0.3, 0.4) is 0 Å². The van der Waals surface area contributed by atoms with E-state index in [1.54, 1.807) is 6.07 Å². The molecule has 0 fully saturated rings. The maximum atomic E-state index is 14.2. The molecular weight excluding hydrogens is 608 g/mol.